The number of furan rings is 1. The van der Waals surface area contributed by atoms with Crippen LogP contribution in [0.15, 0.2) is 46.9 Å². The Morgan fingerprint density at radius 3 is 2.62 bits per heavy atom. The van der Waals surface area contributed by atoms with E-state index in [4.69, 9.17) is 21.8 Å². The van der Waals surface area contributed by atoms with E-state index in [1.165, 1.54) is 6.07 Å². The molecule has 0 radical (unpaired) electrons. The molecule has 108 valence electrons. The van der Waals surface area contributed by atoms with Crippen LogP contribution in [0.1, 0.15) is 17.4 Å². The summed E-state index contributed by atoms with van der Waals surface area (Å²) in [6, 6.07) is 10.5. The molecule has 0 aliphatic rings. The predicted octanol–water partition coefficient (Wildman–Crippen LogP) is 4.61. The fraction of sp³-hybridized carbons (Fsp3) is 0.125. The molecule has 0 spiro atoms. The van der Waals surface area contributed by atoms with Gasteiger partial charge in [-0.15, -0.1) is 0 Å². The molecule has 3 rings (SSSR count). The van der Waals surface area contributed by atoms with E-state index < -0.39 is 17.7 Å². The highest BCUT2D eigenvalue weighted by atomic mass is 35.5. The van der Waals surface area contributed by atoms with E-state index >= 15 is 0 Å². The average molecular weight is 308 g/mol. The number of halogens is 3. The maximum Gasteiger partial charge on any atom is 0.159 e. The van der Waals surface area contributed by atoms with Gasteiger partial charge in [-0.3, -0.25) is 0 Å². The van der Waals surface area contributed by atoms with Crippen molar-refractivity contribution < 1.29 is 13.2 Å². The van der Waals surface area contributed by atoms with Crippen molar-refractivity contribution in [3.05, 3.63) is 70.4 Å². The first kappa shape index (κ1) is 14.0. The lowest BCUT2D eigenvalue weighted by molar-refractivity contribution is 0.488. The molecule has 0 aliphatic heterocycles. The van der Waals surface area contributed by atoms with Crippen LogP contribution in [0.2, 0.25) is 5.02 Å². The highest BCUT2D eigenvalue weighted by Crippen LogP contribution is 2.29. The molecule has 5 heteroatoms. The molecule has 0 fully saturated rings. The van der Waals surface area contributed by atoms with Crippen molar-refractivity contribution in [2.24, 2.45) is 5.73 Å². The molecule has 0 saturated carbocycles. The lowest BCUT2D eigenvalue weighted by Crippen LogP contribution is -2.12. The SMILES string of the molecule is NC(Cc1ccc(F)c(F)c1)c1cc2cccc(Cl)c2o1. The number of fused-ring (bicyclic) bond motifs is 1. The van der Waals surface area contributed by atoms with Gasteiger partial charge in [0.2, 0.25) is 0 Å². The Morgan fingerprint density at radius 2 is 1.90 bits per heavy atom. The van der Waals surface area contributed by atoms with E-state index in [0.717, 1.165) is 17.5 Å². The van der Waals surface area contributed by atoms with E-state index in [0.29, 0.717) is 28.4 Å². The minimum Gasteiger partial charge on any atom is -0.458 e. The molecule has 2 nitrogen and oxygen atoms in total. The smallest absolute Gasteiger partial charge is 0.159 e. The number of benzene rings is 2. The van der Waals surface area contributed by atoms with Gasteiger partial charge in [0, 0.05) is 5.39 Å². The fourth-order valence-corrected chi connectivity index (χ4v) is 2.47. The van der Waals surface area contributed by atoms with Gasteiger partial charge < -0.3 is 10.2 Å². The number of hydrogen-bond acceptors (Lipinski definition) is 2. The van der Waals surface area contributed by atoms with Crippen LogP contribution in [0.3, 0.4) is 0 Å². The van der Waals surface area contributed by atoms with Crippen LogP contribution in [-0.2, 0) is 6.42 Å². The molecule has 1 aromatic heterocycles. The van der Waals surface area contributed by atoms with Crippen LogP contribution in [0.4, 0.5) is 8.78 Å². The summed E-state index contributed by atoms with van der Waals surface area (Å²) in [5.74, 6) is -1.20. The Morgan fingerprint density at radius 1 is 1.10 bits per heavy atom. The standard InChI is InChI=1S/C16H12ClF2NO/c17-11-3-1-2-10-8-15(21-16(10)11)14(20)7-9-4-5-12(18)13(19)6-9/h1-6,8,14H,7,20H2. The summed E-state index contributed by atoms with van der Waals surface area (Å²) in [6.07, 6.45) is 0.342. The van der Waals surface area contributed by atoms with E-state index in [1.807, 2.05) is 18.2 Å². The lowest BCUT2D eigenvalue weighted by atomic mass is 10.0. The summed E-state index contributed by atoms with van der Waals surface area (Å²) in [5.41, 5.74) is 7.26. The molecule has 1 unspecified atom stereocenters. The van der Waals surface area contributed by atoms with Gasteiger partial charge in [-0.2, -0.15) is 0 Å². The number of para-hydroxylation sites is 1. The van der Waals surface area contributed by atoms with E-state index in [9.17, 15) is 8.78 Å². The minimum absolute atomic E-state index is 0.342. The van der Waals surface area contributed by atoms with Gasteiger partial charge in [0.1, 0.15) is 5.76 Å². The van der Waals surface area contributed by atoms with Crippen LogP contribution in [0, 0.1) is 11.6 Å². The van der Waals surface area contributed by atoms with Gasteiger partial charge in [0.25, 0.3) is 0 Å². The Bertz CT molecular complexity index is 800. The Labute approximate surface area is 125 Å². The maximum atomic E-state index is 13.2. The van der Waals surface area contributed by atoms with Gasteiger partial charge in [-0.1, -0.05) is 29.8 Å². The summed E-state index contributed by atoms with van der Waals surface area (Å²) in [5, 5.41) is 1.37. The highest BCUT2D eigenvalue weighted by Gasteiger charge is 2.15. The summed E-state index contributed by atoms with van der Waals surface area (Å²) in [6.45, 7) is 0. The first-order valence-corrected chi connectivity index (χ1v) is 6.80. The Balaban J connectivity index is 1.87. The molecular formula is C16H12ClF2NO. The van der Waals surface area contributed by atoms with Crippen molar-refractivity contribution in [1.29, 1.82) is 0 Å². The van der Waals surface area contributed by atoms with Gasteiger partial charge in [0.15, 0.2) is 17.2 Å². The quantitative estimate of drug-likeness (QED) is 0.767. The van der Waals surface area contributed by atoms with Crippen molar-refractivity contribution in [1.82, 2.24) is 0 Å². The lowest BCUT2D eigenvalue weighted by Gasteiger charge is -2.08. The van der Waals surface area contributed by atoms with Crippen molar-refractivity contribution in [2.75, 3.05) is 0 Å². The molecule has 3 aromatic rings. The molecule has 0 saturated heterocycles. The van der Waals surface area contributed by atoms with Crippen LogP contribution >= 0.6 is 11.6 Å². The molecular weight excluding hydrogens is 296 g/mol. The second-order valence-corrected chi connectivity index (χ2v) is 5.27. The number of nitrogens with two attached hydrogens (primary N) is 1. The largest absolute Gasteiger partial charge is 0.458 e. The third kappa shape index (κ3) is 2.77. The molecule has 2 N–H and O–H groups in total. The van der Waals surface area contributed by atoms with Crippen LogP contribution in [0.5, 0.6) is 0 Å². The normalized spacial score (nSPS) is 12.8. The van der Waals surface area contributed by atoms with Crippen LogP contribution in [0.25, 0.3) is 11.0 Å². The summed E-state index contributed by atoms with van der Waals surface area (Å²) in [4.78, 5) is 0. The van der Waals surface area contributed by atoms with Crippen molar-refractivity contribution in [3.63, 3.8) is 0 Å². The summed E-state index contributed by atoms with van der Waals surface area (Å²) < 4.78 is 31.8. The van der Waals surface area contributed by atoms with E-state index in [-0.39, 0.29) is 0 Å². The predicted molar refractivity (Wildman–Crippen MR) is 78.2 cm³/mol. The second-order valence-electron chi connectivity index (χ2n) is 4.87. The summed E-state index contributed by atoms with van der Waals surface area (Å²) in [7, 11) is 0. The first-order valence-electron chi connectivity index (χ1n) is 6.42. The van der Waals surface area contributed by atoms with Crippen LogP contribution in [-0.4, -0.2) is 0 Å². The zero-order chi connectivity index (χ0) is 15.0. The molecule has 0 amide bonds. The number of hydrogen-bond donors (Lipinski definition) is 1. The van der Waals surface area contributed by atoms with Gasteiger partial charge in [0.05, 0.1) is 11.1 Å². The number of rotatable bonds is 3. The van der Waals surface area contributed by atoms with Gasteiger partial charge in [-0.05, 0) is 36.2 Å². The molecule has 1 heterocycles. The molecule has 0 bridgehead atoms. The summed E-state index contributed by atoms with van der Waals surface area (Å²) >= 11 is 6.05. The average Bonchev–Trinajstić information content (AvgIpc) is 2.89. The van der Waals surface area contributed by atoms with Gasteiger partial charge >= 0.3 is 0 Å². The van der Waals surface area contributed by atoms with Crippen LogP contribution < -0.4 is 5.73 Å². The third-order valence-electron chi connectivity index (χ3n) is 3.32. The third-order valence-corrected chi connectivity index (χ3v) is 3.62. The van der Waals surface area contributed by atoms with E-state index in [2.05, 4.69) is 0 Å². The molecule has 1 atom stereocenters. The zero-order valence-electron chi connectivity index (χ0n) is 10.9. The molecule has 0 aliphatic carbocycles. The minimum atomic E-state index is -0.882. The Hall–Kier alpha value is -1.91. The zero-order valence-corrected chi connectivity index (χ0v) is 11.7. The molecule has 2 aromatic carbocycles. The van der Waals surface area contributed by atoms with Crippen molar-refractivity contribution >= 4 is 22.6 Å². The van der Waals surface area contributed by atoms with Crippen molar-refractivity contribution in [2.45, 2.75) is 12.5 Å². The van der Waals surface area contributed by atoms with Crippen molar-refractivity contribution in [3.8, 4) is 0 Å². The highest BCUT2D eigenvalue weighted by molar-refractivity contribution is 6.34. The maximum absolute atomic E-state index is 13.2. The second kappa shape index (κ2) is 5.47. The molecule has 21 heavy (non-hydrogen) atoms. The first-order chi connectivity index (χ1) is 10.0. The topological polar surface area (TPSA) is 39.2 Å². The fourth-order valence-electron chi connectivity index (χ4n) is 2.25. The van der Waals surface area contributed by atoms with E-state index in [1.54, 1.807) is 6.07 Å². The van der Waals surface area contributed by atoms with Gasteiger partial charge in [-0.25, -0.2) is 8.78 Å². The Kier molecular flexibility index (Phi) is 3.66. The monoisotopic (exact) mass is 307 g/mol.